The number of sulfonamides is 1. The van der Waals surface area contributed by atoms with Gasteiger partial charge < -0.3 is 4.74 Å². The number of carbonyl (C=O) groups is 1. The van der Waals surface area contributed by atoms with Crippen molar-refractivity contribution in [2.24, 2.45) is 0 Å². The van der Waals surface area contributed by atoms with E-state index in [2.05, 4.69) is 15.1 Å². The number of carbonyl (C=O) groups excluding carboxylic acids is 1. The first-order valence-corrected chi connectivity index (χ1v) is 10.8. The molecule has 3 rings (SSSR count). The SMILES string of the molecule is CCc1[nH]nc(S(=O)(=O)N2CCN(C3CCCCC3)CC2)c1C(=O)OC. The monoisotopic (exact) mass is 384 g/mol. The summed E-state index contributed by atoms with van der Waals surface area (Å²) in [5.74, 6) is -0.671. The third kappa shape index (κ3) is 3.65. The van der Waals surface area contributed by atoms with Crippen molar-refractivity contribution in [3.8, 4) is 0 Å². The van der Waals surface area contributed by atoms with Gasteiger partial charge >= 0.3 is 5.97 Å². The number of piperazine rings is 1. The van der Waals surface area contributed by atoms with Crippen LogP contribution in [0.1, 0.15) is 55.1 Å². The van der Waals surface area contributed by atoms with Gasteiger partial charge in [-0.25, -0.2) is 13.2 Å². The Balaban J connectivity index is 1.75. The highest BCUT2D eigenvalue weighted by Crippen LogP contribution is 2.26. The summed E-state index contributed by atoms with van der Waals surface area (Å²) >= 11 is 0. The Hall–Kier alpha value is -1.45. The topological polar surface area (TPSA) is 95.6 Å². The summed E-state index contributed by atoms with van der Waals surface area (Å²) in [6, 6.07) is 0.580. The molecule has 0 atom stereocenters. The van der Waals surface area contributed by atoms with Gasteiger partial charge in [0.1, 0.15) is 5.56 Å². The molecule has 0 bridgehead atoms. The maximum Gasteiger partial charge on any atom is 0.342 e. The Kier molecular flexibility index (Phi) is 5.99. The predicted octanol–water partition coefficient (Wildman–Crippen LogP) is 1.40. The zero-order chi connectivity index (χ0) is 18.7. The Bertz CT molecular complexity index is 732. The van der Waals surface area contributed by atoms with Gasteiger partial charge in [-0.2, -0.15) is 9.40 Å². The zero-order valence-corrected chi connectivity index (χ0v) is 16.3. The fraction of sp³-hybridized carbons (Fsp3) is 0.765. The first-order valence-electron chi connectivity index (χ1n) is 9.38. The van der Waals surface area contributed by atoms with Crippen molar-refractivity contribution in [3.63, 3.8) is 0 Å². The molecule has 9 heteroatoms. The van der Waals surface area contributed by atoms with E-state index >= 15 is 0 Å². The standard InChI is InChI=1S/C17H28N4O4S/c1-3-14-15(17(22)25-2)16(19-18-14)26(23,24)21-11-9-20(10-12-21)13-7-5-4-6-8-13/h13H,3-12H2,1-2H3,(H,18,19). The van der Waals surface area contributed by atoms with Gasteiger partial charge in [0.25, 0.3) is 10.0 Å². The van der Waals surface area contributed by atoms with Crippen LogP contribution in [0.4, 0.5) is 0 Å². The van der Waals surface area contributed by atoms with E-state index in [0.29, 0.717) is 31.2 Å². The molecule has 0 aromatic carbocycles. The van der Waals surface area contributed by atoms with Crippen LogP contribution in [0.5, 0.6) is 0 Å². The van der Waals surface area contributed by atoms with Gasteiger partial charge in [-0.05, 0) is 19.3 Å². The Morgan fingerprint density at radius 1 is 1.19 bits per heavy atom. The average molecular weight is 385 g/mol. The van der Waals surface area contributed by atoms with E-state index in [-0.39, 0.29) is 10.6 Å². The van der Waals surface area contributed by atoms with Crippen LogP contribution in [0.2, 0.25) is 0 Å². The average Bonchev–Trinajstić information content (AvgIpc) is 3.13. The Morgan fingerprint density at radius 3 is 2.42 bits per heavy atom. The third-order valence-electron chi connectivity index (χ3n) is 5.50. The molecule has 1 aromatic heterocycles. The number of ether oxygens (including phenoxy) is 1. The van der Waals surface area contributed by atoms with Gasteiger partial charge in [-0.1, -0.05) is 26.2 Å². The summed E-state index contributed by atoms with van der Waals surface area (Å²) in [4.78, 5) is 14.5. The summed E-state index contributed by atoms with van der Waals surface area (Å²) in [5.41, 5.74) is 0.515. The molecule has 1 aromatic rings. The largest absolute Gasteiger partial charge is 0.465 e. The number of nitrogens with one attached hydrogen (secondary N) is 1. The maximum atomic E-state index is 13.1. The van der Waals surface area contributed by atoms with Gasteiger partial charge in [0.2, 0.25) is 5.03 Å². The molecule has 0 radical (unpaired) electrons. The van der Waals surface area contributed by atoms with Gasteiger partial charge in [0, 0.05) is 32.2 Å². The number of nitrogens with zero attached hydrogens (tertiary/aromatic N) is 3. The van der Waals surface area contributed by atoms with Crippen LogP contribution in [-0.4, -0.2) is 73.1 Å². The smallest absolute Gasteiger partial charge is 0.342 e. The number of hydrogen-bond acceptors (Lipinski definition) is 6. The lowest BCUT2D eigenvalue weighted by Gasteiger charge is -2.40. The highest BCUT2D eigenvalue weighted by molar-refractivity contribution is 7.89. The molecule has 0 unspecified atom stereocenters. The number of aryl methyl sites for hydroxylation is 1. The molecule has 1 saturated heterocycles. The van der Waals surface area contributed by atoms with E-state index < -0.39 is 16.0 Å². The fourth-order valence-electron chi connectivity index (χ4n) is 3.99. The second kappa shape index (κ2) is 8.06. The van der Waals surface area contributed by atoms with Crippen LogP contribution in [0, 0.1) is 0 Å². The molecule has 2 aliphatic rings. The molecule has 146 valence electrons. The quantitative estimate of drug-likeness (QED) is 0.771. The van der Waals surface area contributed by atoms with Crippen molar-refractivity contribution in [2.45, 2.75) is 56.5 Å². The molecule has 1 aliphatic carbocycles. The summed E-state index contributed by atoms with van der Waals surface area (Å²) in [5, 5.41) is 6.41. The van der Waals surface area contributed by atoms with Crippen molar-refractivity contribution in [2.75, 3.05) is 33.3 Å². The van der Waals surface area contributed by atoms with Crippen LogP contribution in [-0.2, 0) is 21.2 Å². The van der Waals surface area contributed by atoms with E-state index in [1.165, 1.54) is 43.5 Å². The molecular weight excluding hydrogens is 356 g/mol. The third-order valence-corrected chi connectivity index (χ3v) is 7.33. The first kappa shape index (κ1) is 19.3. The molecule has 1 saturated carbocycles. The summed E-state index contributed by atoms with van der Waals surface area (Å²) in [7, 11) is -2.58. The number of esters is 1. The summed E-state index contributed by atoms with van der Waals surface area (Å²) in [6.45, 7) is 4.13. The number of methoxy groups -OCH3 is 1. The summed E-state index contributed by atoms with van der Waals surface area (Å²) < 4.78 is 32.3. The number of rotatable bonds is 5. The van der Waals surface area contributed by atoms with E-state index in [0.717, 1.165) is 13.1 Å². The number of aromatic nitrogens is 2. The number of hydrogen-bond donors (Lipinski definition) is 1. The number of aromatic amines is 1. The normalized spacial score (nSPS) is 21.0. The minimum Gasteiger partial charge on any atom is -0.465 e. The van der Waals surface area contributed by atoms with Crippen LogP contribution in [0.3, 0.4) is 0 Å². The van der Waals surface area contributed by atoms with Crippen molar-refractivity contribution in [3.05, 3.63) is 11.3 Å². The molecule has 8 nitrogen and oxygen atoms in total. The van der Waals surface area contributed by atoms with Crippen LogP contribution in [0.25, 0.3) is 0 Å². The zero-order valence-electron chi connectivity index (χ0n) is 15.5. The Morgan fingerprint density at radius 2 is 1.85 bits per heavy atom. The van der Waals surface area contributed by atoms with Gasteiger partial charge in [-0.3, -0.25) is 10.00 Å². The molecule has 2 fully saturated rings. The van der Waals surface area contributed by atoms with Crippen molar-refractivity contribution in [1.82, 2.24) is 19.4 Å². The van der Waals surface area contributed by atoms with Gasteiger partial charge in [-0.15, -0.1) is 0 Å². The van der Waals surface area contributed by atoms with E-state index in [9.17, 15) is 13.2 Å². The second-order valence-corrected chi connectivity index (χ2v) is 8.81. The lowest BCUT2D eigenvalue weighted by molar-refractivity contribution is 0.0594. The van der Waals surface area contributed by atoms with E-state index in [1.54, 1.807) is 0 Å². The fourth-order valence-corrected chi connectivity index (χ4v) is 5.51. The van der Waals surface area contributed by atoms with E-state index in [1.807, 2.05) is 6.92 Å². The lowest BCUT2D eigenvalue weighted by Crippen LogP contribution is -2.52. The minimum atomic E-state index is -3.83. The lowest BCUT2D eigenvalue weighted by atomic mass is 9.94. The van der Waals surface area contributed by atoms with Gasteiger partial charge in [0.05, 0.1) is 12.8 Å². The highest BCUT2D eigenvalue weighted by atomic mass is 32.2. The highest BCUT2D eigenvalue weighted by Gasteiger charge is 2.37. The maximum absolute atomic E-state index is 13.1. The van der Waals surface area contributed by atoms with Crippen LogP contribution >= 0.6 is 0 Å². The molecule has 1 aliphatic heterocycles. The van der Waals surface area contributed by atoms with Crippen molar-refractivity contribution < 1.29 is 17.9 Å². The second-order valence-electron chi connectivity index (χ2n) is 6.96. The molecule has 2 heterocycles. The first-order chi connectivity index (χ1) is 12.5. The molecule has 26 heavy (non-hydrogen) atoms. The Labute approximate surface area is 154 Å². The molecule has 1 N–H and O–H groups in total. The predicted molar refractivity (Wildman–Crippen MR) is 96.5 cm³/mol. The van der Waals surface area contributed by atoms with Gasteiger partial charge in [0.15, 0.2) is 0 Å². The summed E-state index contributed by atoms with van der Waals surface area (Å²) in [6.07, 6.45) is 6.72. The number of H-pyrrole nitrogens is 1. The van der Waals surface area contributed by atoms with Crippen molar-refractivity contribution >= 4 is 16.0 Å². The van der Waals surface area contributed by atoms with E-state index in [4.69, 9.17) is 4.74 Å². The minimum absolute atomic E-state index is 0.0321. The molecule has 0 amide bonds. The van der Waals surface area contributed by atoms with Crippen molar-refractivity contribution in [1.29, 1.82) is 0 Å². The molecule has 0 spiro atoms. The van der Waals surface area contributed by atoms with Crippen LogP contribution in [0.15, 0.2) is 5.03 Å². The molecular formula is C17H28N4O4S. The van der Waals surface area contributed by atoms with Crippen LogP contribution < -0.4 is 0 Å².